The summed E-state index contributed by atoms with van der Waals surface area (Å²) in [6.07, 6.45) is 8.27. The molecular formula is C28H31ClF2O2. The third kappa shape index (κ3) is 7.97. The standard InChI is InChI=1S/C28H31ClF2O2/c1-4-6-8-25(26(29)9-7-5-2)28(21-12-16-23(31)17-13-21)24(18-19-27(32)33-3)20-10-14-22(30)15-11-20/h10-19H,4-9H2,1-3H3/b19-18+,26-25-,28-24+. The summed E-state index contributed by atoms with van der Waals surface area (Å²) in [4.78, 5) is 11.9. The second-order valence-electron chi connectivity index (χ2n) is 7.75. The lowest BCUT2D eigenvalue weighted by Gasteiger charge is -2.20. The van der Waals surface area contributed by atoms with E-state index in [1.54, 1.807) is 30.3 Å². The fourth-order valence-corrected chi connectivity index (χ4v) is 3.84. The molecule has 0 amide bonds. The molecule has 0 aliphatic heterocycles. The first-order valence-corrected chi connectivity index (χ1v) is 11.7. The van der Waals surface area contributed by atoms with Gasteiger partial charge in [-0.2, -0.15) is 0 Å². The lowest BCUT2D eigenvalue weighted by atomic mass is 9.86. The molecule has 0 heterocycles. The molecule has 2 nitrogen and oxygen atoms in total. The van der Waals surface area contributed by atoms with Crippen molar-refractivity contribution in [1.29, 1.82) is 0 Å². The summed E-state index contributed by atoms with van der Waals surface area (Å²) in [7, 11) is 1.31. The van der Waals surface area contributed by atoms with Crippen LogP contribution in [-0.2, 0) is 9.53 Å². The van der Waals surface area contributed by atoms with Crippen molar-refractivity contribution in [2.24, 2.45) is 0 Å². The third-order valence-corrected chi connectivity index (χ3v) is 5.72. The van der Waals surface area contributed by atoms with Crippen LogP contribution in [0.1, 0.15) is 63.5 Å². The van der Waals surface area contributed by atoms with Gasteiger partial charge < -0.3 is 4.74 Å². The van der Waals surface area contributed by atoms with Crippen molar-refractivity contribution >= 4 is 28.7 Å². The summed E-state index contributed by atoms with van der Waals surface area (Å²) in [5.74, 6) is -1.21. The van der Waals surface area contributed by atoms with Gasteiger partial charge in [-0.3, -0.25) is 0 Å². The smallest absolute Gasteiger partial charge is 0.330 e. The van der Waals surface area contributed by atoms with Gasteiger partial charge in [0.05, 0.1) is 7.11 Å². The van der Waals surface area contributed by atoms with Crippen LogP contribution in [0.15, 0.2) is 71.3 Å². The average molecular weight is 473 g/mol. The summed E-state index contributed by atoms with van der Waals surface area (Å²) < 4.78 is 32.3. The van der Waals surface area contributed by atoms with Gasteiger partial charge in [-0.1, -0.05) is 62.6 Å². The van der Waals surface area contributed by atoms with Gasteiger partial charge in [-0.05, 0) is 83.9 Å². The molecule has 33 heavy (non-hydrogen) atoms. The van der Waals surface area contributed by atoms with Crippen molar-refractivity contribution in [3.63, 3.8) is 0 Å². The number of carbonyl (C=O) groups is 1. The fraction of sp³-hybridized carbons (Fsp3) is 0.321. The van der Waals surface area contributed by atoms with Crippen molar-refractivity contribution in [2.45, 2.75) is 52.4 Å². The van der Waals surface area contributed by atoms with E-state index in [2.05, 4.69) is 13.8 Å². The Hall–Kier alpha value is -2.72. The molecule has 176 valence electrons. The van der Waals surface area contributed by atoms with Crippen molar-refractivity contribution in [1.82, 2.24) is 0 Å². The highest BCUT2D eigenvalue weighted by Crippen LogP contribution is 2.39. The lowest BCUT2D eigenvalue weighted by Crippen LogP contribution is -2.00. The maximum Gasteiger partial charge on any atom is 0.330 e. The van der Waals surface area contributed by atoms with E-state index in [1.807, 2.05) is 0 Å². The van der Waals surface area contributed by atoms with Crippen LogP contribution < -0.4 is 0 Å². The normalized spacial score (nSPS) is 13.0. The SMILES string of the molecule is CCCC/C(Cl)=C(CCCC)/C(=C(\C=C\C(=O)OC)c1ccc(F)cc1)c1ccc(F)cc1. The summed E-state index contributed by atoms with van der Waals surface area (Å²) in [6.45, 7) is 4.21. The Kier molecular flexibility index (Phi) is 11.0. The van der Waals surface area contributed by atoms with Crippen LogP contribution in [0.3, 0.4) is 0 Å². The van der Waals surface area contributed by atoms with Crippen molar-refractivity contribution in [3.05, 3.63) is 94.0 Å². The Balaban J connectivity index is 2.90. The van der Waals surface area contributed by atoms with E-state index in [1.165, 1.54) is 37.5 Å². The van der Waals surface area contributed by atoms with E-state index in [0.29, 0.717) is 11.1 Å². The van der Waals surface area contributed by atoms with Gasteiger partial charge in [-0.15, -0.1) is 0 Å². The number of unbranched alkanes of at least 4 members (excludes halogenated alkanes) is 2. The van der Waals surface area contributed by atoms with Crippen LogP contribution in [0.2, 0.25) is 0 Å². The van der Waals surface area contributed by atoms with Gasteiger partial charge >= 0.3 is 5.97 Å². The predicted octanol–water partition coefficient (Wildman–Crippen LogP) is 8.48. The summed E-state index contributed by atoms with van der Waals surface area (Å²) in [6, 6.07) is 12.3. The second-order valence-corrected chi connectivity index (χ2v) is 8.21. The third-order valence-electron chi connectivity index (χ3n) is 5.30. The summed E-state index contributed by atoms with van der Waals surface area (Å²) >= 11 is 6.88. The number of rotatable bonds is 11. The van der Waals surface area contributed by atoms with E-state index >= 15 is 0 Å². The van der Waals surface area contributed by atoms with Crippen LogP contribution in [0.4, 0.5) is 8.78 Å². The zero-order chi connectivity index (χ0) is 24.2. The van der Waals surface area contributed by atoms with E-state index in [9.17, 15) is 13.6 Å². The number of halogens is 3. The largest absolute Gasteiger partial charge is 0.466 e. The zero-order valence-corrected chi connectivity index (χ0v) is 20.2. The fourth-order valence-electron chi connectivity index (χ4n) is 3.51. The van der Waals surface area contributed by atoms with Gasteiger partial charge in [0, 0.05) is 11.1 Å². The highest BCUT2D eigenvalue weighted by molar-refractivity contribution is 6.31. The molecule has 2 rings (SSSR count). The lowest BCUT2D eigenvalue weighted by molar-refractivity contribution is -0.134. The molecule has 0 unspecified atom stereocenters. The maximum atomic E-state index is 13.8. The summed E-state index contributed by atoms with van der Waals surface area (Å²) in [5, 5.41) is 0.746. The Labute approximate surface area is 200 Å². The highest BCUT2D eigenvalue weighted by Gasteiger charge is 2.18. The summed E-state index contributed by atoms with van der Waals surface area (Å²) in [5.41, 5.74) is 3.92. The molecule has 0 atom stereocenters. The molecule has 0 aliphatic carbocycles. The number of hydrogen-bond acceptors (Lipinski definition) is 2. The van der Waals surface area contributed by atoms with E-state index in [0.717, 1.165) is 60.3 Å². The molecular weight excluding hydrogens is 442 g/mol. The number of esters is 1. The minimum Gasteiger partial charge on any atom is -0.466 e. The minimum atomic E-state index is -0.510. The number of allylic oxidation sites excluding steroid dienone is 5. The van der Waals surface area contributed by atoms with Crippen molar-refractivity contribution in [3.8, 4) is 0 Å². The molecule has 0 aromatic heterocycles. The number of hydrogen-bond donors (Lipinski definition) is 0. The quantitative estimate of drug-likeness (QED) is 0.142. The van der Waals surface area contributed by atoms with Crippen molar-refractivity contribution < 1.29 is 18.3 Å². The monoisotopic (exact) mass is 472 g/mol. The van der Waals surface area contributed by atoms with Crippen LogP contribution in [0.25, 0.3) is 11.1 Å². The van der Waals surface area contributed by atoms with Gasteiger partial charge in [0.15, 0.2) is 0 Å². The molecule has 0 fully saturated rings. The number of benzene rings is 2. The second kappa shape index (κ2) is 13.7. The molecule has 0 spiro atoms. The molecule has 0 saturated heterocycles. The first kappa shape index (κ1) is 26.5. The highest BCUT2D eigenvalue weighted by atomic mass is 35.5. The molecule has 5 heteroatoms. The number of ether oxygens (including phenoxy) is 1. The molecule has 0 aliphatic rings. The molecule has 0 bridgehead atoms. The van der Waals surface area contributed by atoms with Crippen LogP contribution in [-0.4, -0.2) is 13.1 Å². The molecule has 2 aromatic carbocycles. The molecule has 0 N–H and O–H groups in total. The van der Waals surface area contributed by atoms with Gasteiger partial charge in [0.2, 0.25) is 0 Å². The molecule has 0 saturated carbocycles. The Bertz CT molecular complexity index is 1000. The first-order valence-electron chi connectivity index (χ1n) is 11.3. The maximum absolute atomic E-state index is 13.8. The van der Waals surface area contributed by atoms with Gasteiger partial charge in [0.1, 0.15) is 11.6 Å². The Morgan fingerprint density at radius 3 is 1.88 bits per heavy atom. The van der Waals surface area contributed by atoms with E-state index < -0.39 is 5.97 Å². The first-order chi connectivity index (χ1) is 15.9. The minimum absolute atomic E-state index is 0.345. The van der Waals surface area contributed by atoms with E-state index in [-0.39, 0.29) is 11.6 Å². The van der Waals surface area contributed by atoms with E-state index in [4.69, 9.17) is 16.3 Å². The Morgan fingerprint density at radius 1 is 0.848 bits per heavy atom. The zero-order valence-electron chi connectivity index (χ0n) is 19.5. The number of methoxy groups -OCH3 is 1. The predicted molar refractivity (Wildman–Crippen MR) is 133 cm³/mol. The topological polar surface area (TPSA) is 26.3 Å². The van der Waals surface area contributed by atoms with Crippen LogP contribution >= 0.6 is 11.6 Å². The molecule has 0 radical (unpaired) electrons. The van der Waals surface area contributed by atoms with Gasteiger partial charge in [-0.25, -0.2) is 13.6 Å². The Morgan fingerprint density at radius 2 is 1.36 bits per heavy atom. The van der Waals surface area contributed by atoms with Crippen LogP contribution in [0, 0.1) is 11.6 Å². The average Bonchev–Trinajstić information content (AvgIpc) is 2.82. The van der Waals surface area contributed by atoms with Crippen LogP contribution in [0.5, 0.6) is 0 Å². The van der Waals surface area contributed by atoms with Gasteiger partial charge in [0.25, 0.3) is 0 Å². The number of carbonyl (C=O) groups excluding carboxylic acids is 1. The van der Waals surface area contributed by atoms with Crippen molar-refractivity contribution in [2.75, 3.05) is 7.11 Å². The molecule has 2 aromatic rings.